The highest BCUT2D eigenvalue weighted by molar-refractivity contribution is 5.82. The molecule has 2 N–H and O–H groups in total. The molecular weight excluding hydrogens is 252 g/mol. The highest BCUT2D eigenvalue weighted by Crippen LogP contribution is 2.17. The highest BCUT2D eigenvalue weighted by atomic mass is 16.2. The lowest BCUT2D eigenvalue weighted by Gasteiger charge is -2.29. The number of carbonyl (C=O) groups excluding carboxylic acids is 1. The average molecular weight is 276 g/mol. The minimum atomic E-state index is -0.104. The Kier molecular flexibility index (Phi) is 5.56. The van der Waals surface area contributed by atoms with E-state index in [2.05, 4.69) is 17.4 Å². The van der Waals surface area contributed by atoms with Crippen LogP contribution in [0.2, 0.25) is 0 Å². The first-order valence-corrected chi connectivity index (χ1v) is 7.38. The molecule has 1 amide bonds. The van der Waals surface area contributed by atoms with Gasteiger partial charge in [-0.15, -0.1) is 0 Å². The van der Waals surface area contributed by atoms with E-state index in [1.54, 1.807) is 0 Å². The summed E-state index contributed by atoms with van der Waals surface area (Å²) in [6.45, 7) is 1.77. The van der Waals surface area contributed by atoms with Gasteiger partial charge >= 0.3 is 0 Å². The lowest BCUT2D eigenvalue weighted by Crippen LogP contribution is -2.48. The molecule has 0 spiro atoms. The van der Waals surface area contributed by atoms with Gasteiger partial charge in [0.25, 0.3) is 0 Å². The molecule has 1 aliphatic heterocycles. The fourth-order valence-corrected chi connectivity index (χ4v) is 2.64. The Morgan fingerprint density at radius 3 is 2.80 bits per heavy atom. The van der Waals surface area contributed by atoms with Crippen molar-refractivity contribution in [1.82, 2.24) is 10.2 Å². The number of fused-ring (bicyclic) bond motifs is 1. The molecule has 1 atom stereocenters. The number of aliphatic hydroxyl groups is 1. The van der Waals surface area contributed by atoms with Crippen LogP contribution >= 0.6 is 0 Å². The molecule has 1 aromatic carbocycles. The van der Waals surface area contributed by atoms with Gasteiger partial charge in [0.2, 0.25) is 5.91 Å². The van der Waals surface area contributed by atoms with Gasteiger partial charge in [-0.2, -0.15) is 0 Å². The summed E-state index contributed by atoms with van der Waals surface area (Å²) >= 11 is 0. The topological polar surface area (TPSA) is 52.6 Å². The molecule has 0 aromatic heterocycles. The fourth-order valence-electron chi connectivity index (χ4n) is 2.64. The molecule has 1 aromatic rings. The summed E-state index contributed by atoms with van der Waals surface area (Å²) in [5.74, 6) is 0.170. The first-order valence-electron chi connectivity index (χ1n) is 7.38. The highest BCUT2D eigenvalue weighted by Gasteiger charge is 2.25. The van der Waals surface area contributed by atoms with Crippen molar-refractivity contribution >= 4 is 5.91 Å². The maximum atomic E-state index is 12.4. The number of aliphatic hydroxyl groups excluding tert-OH is 1. The first-order chi connectivity index (χ1) is 9.72. The van der Waals surface area contributed by atoms with Crippen LogP contribution in [0.3, 0.4) is 0 Å². The predicted octanol–water partition coefficient (Wildman–Crippen LogP) is 1.32. The van der Waals surface area contributed by atoms with Gasteiger partial charge in [0, 0.05) is 26.7 Å². The van der Waals surface area contributed by atoms with Crippen molar-refractivity contribution in [1.29, 1.82) is 0 Å². The zero-order chi connectivity index (χ0) is 14.4. The Labute approximate surface area is 120 Å². The van der Waals surface area contributed by atoms with E-state index in [1.807, 2.05) is 24.1 Å². The van der Waals surface area contributed by atoms with Gasteiger partial charge in [-0.3, -0.25) is 4.79 Å². The number of unbranched alkanes of at least 4 members (excludes halogenated alkanes) is 2. The van der Waals surface area contributed by atoms with E-state index in [4.69, 9.17) is 5.11 Å². The van der Waals surface area contributed by atoms with E-state index in [-0.39, 0.29) is 18.6 Å². The molecule has 0 aliphatic carbocycles. The number of benzene rings is 1. The molecular formula is C16H24N2O2. The summed E-state index contributed by atoms with van der Waals surface area (Å²) in [7, 11) is 1.86. The third-order valence-corrected chi connectivity index (χ3v) is 3.91. The monoisotopic (exact) mass is 276 g/mol. The number of hydrogen-bond donors (Lipinski definition) is 2. The summed E-state index contributed by atoms with van der Waals surface area (Å²) in [5, 5.41) is 12.1. The van der Waals surface area contributed by atoms with Gasteiger partial charge in [-0.1, -0.05) is 24.3 Å². The predicted molar refractivity (Wildman–Crippen MR) is 79.3 cm³/mol. The van der Waals surface area contributed by atoms with Crippen LogP contribution in [0.5, 0.6) is 0 Å². The largest absolute Gasteiger partial charge is 0.396 e. The Morgan fingerprint density at radius 1 is 1.30 bits per heavy atom. The number of nitrogens with one attached hydrogen (secondary N) is 1. The van der Waals surface area contributed by atoms with E-state index in [0.717, 1.165) is 38.8 Å². The minimum absolute atomic E-state index is 0.104. The summed E-state index contributed by atoms with van der Waals surface area (Å²) in [6, 6.07) is 8.19. The molecule has 0 radical (unpaired) electrons. The van der Waals surface area contributed by atoms with Crippen molar-refractivity contribution in [3.63, 3.8) is 0 Å². The fraction of sp³-hybridized carbons (Fsp3) is 0.562. The molecule has 2 rings (SSSR count). The van der Waals surface area contributed by atoms with Crippen molar-refractivity contribution in [3.05, 3.63) is 35.4 Å². The first kappa shape index (κ1) is 15.0. The van der Waals surface area contributed by atoms with Gasteiger partial charge in [-0.25, -0.2) is 0 Å². The number of hydrogen-bond acceptors (Lipinski definition) is 3. The molecule has 1 heterocycles. The number of likely N-dealkylation sites (N-methyl/N-ethyl adjacent to an activating group) is 1. The van der Waals surface area contributed by atoms with Crippen molar-refractivity contribution in [2.45, 2.75) is 38.3 Å². The number of nitrogens with zero attached hydrogens (tertiary/aromatic N) is 1. The Morgan fingerprint density at radius 2 is 2.05 bits per heavy atom. The SMILES string of the molecule is CN(CCCCCO)C(=O)[C@@H]1Cc2ccccc2CN1. The smallest absolute Gasteiger partial charge is 0.239 e. The van der Waals surface area contributed by atoms with Gasteiger partial charge in [0.05, 0.1) is 6.04 Å². The van der Waals surface area contributed by atoms with Crippen LogP contribution in [-0.2, 0) is 17.8 Å². The number of rotatable bonds is 6. The molecule has 0 unspecified atom stereocenters. The van der Waals surface area contributed by atoms with Crippen molar-refractivity contribution in [2.24, 2.45) is 0 Å². The third-order valence-electron chi connectivity index (χ3n) is 3.91. The normalized spacial score (nSPS) is 17.6. The van der Waals surface area contributed by atoms with E-state index >= 15 is 0 Å². The van der Waals surface area contributed by atoms with Gasteiger partial charge in [-0.05, 0) is 36.8 Å². The molecule has 0 saturated heterocycles. The zero-order valence-corrected chi connectivity index (χ0v) is 12.1. The lowest BCUT2D eigenvalue weighted by atomic mass is 9.95. The molecule has 0 bridgehead atoms. The van der Waals surface area contributed by atoms with Crippen LogP contribution in [0.4, 0.5) is 0 Å². The van der Waals surface area contributed by atoms with E-state index in [1.165, 1.54) is 11.1 Å². The van der Waals surface area contributed by atoms with Crippen LogP contribution in [0.15, 0.2) is 24.3 Å². The molecule has 4 heteroatoms. The standard InChI is InChI=1S/C16H24N2O2/c1-18(9-5-2-6-10-19)16(20)15-11-13-7-3-4-8-14(13)12-17-15/h3-4,7-8,15,17,19H,2,5-6,9-12H2,1H3/t15-/m0/s1. The van der Waals surface area contributed by atoms with Crippen LogP contribution in [0.25, 0.3) is 0 Å². The molecule has 4 nitrogen and oxygen atoms in total. The quantitative estimate of drug-likeness (QED) is 0.771. The lowest BCUT2D eigenvalue weighted by molar-refractivity contribution is -0.132. The van der Waals surface area contributed by atoms with Crippen molar-refractivity contribution in [3.8, 4) is 0 Å². The molecule has 1 aliphatic rings. The van der Waals surface area contributed by atoms with Gasteiger partial charge in [0.15, 0.2) is 0 Å². The summed E-state index contributed by atoms with van der Waals surface area (Å²) in [4.78, 5) is 14.2. The minimum Gasteiger partial charge on any atom is -0.396 e. The molecule has 0 fully saturated rings. The summed E-state index contributed by atoms with van der Waals surface area (Å²) in [5.41, 5.74) is 2.57. The Bertz CT molecular complexity index is 448. The maximum Gasteiger partial charge on any atom is 0.239 e. The average Bonchev–Trinajstić information content (AvgIpc) is 2.50. The Balaban J connectivity index is 1.84. The van der Waals surface area contributed by atoms with Gasteiger partial charge < -0.3 is 15.3 Å². The van der Waals surface area contributed by atoms with Crippen molar-refractivity contribution < 1.29 is 9.90 Å². The Hall–Kier alpha value is -1.39. The second-order valence-electron chi connectivity index (χ2n) is 5.45. The number of carbonyl (C=O) groups is 1. The second kappa shape index (κ2) is 7.41. The molecule has 0 saturated carbocycles. The van der Waals surface area contributed by atoms with Crippen LogP contribution in [-0.4, -0.2) is 42.2 Å². The van der Waals surface area contributed by atoms with Crippen LogP contribution in [0.1, 0.15) is 30.4 Å². The summed E-state index contributed by atoms with van der Waals surface area (Å²) in [6.07, 6.45) is 3.51. The van der Waals surface area contributed by atoms with Crippen LogP contribution in [0, 0.1) is 0 Å². The molecule has 110 valence electrons. The third kappa shape index (κ3) is 3.81. The number of amides is 1. The van der Waals surface area contributed by atoms with Crippen molar-refractivity contribution in [2.75, 3.05) is 20.2 Å². The molecule has 20 heavy (non-hydrogen) atoms. The second-order valence-corrected chi connectivity index (χ2v) is 5.45. The van der Waals surface area contributed by atoms with Crippen LogP contribution < -0.4 is 5.32 Å². The van der Waals surface area contributed by atoms with E-state index in [0.29, 0.717) is 0 Å². The van der Waals surface area contributed by atoms with Gasteiger partial charge in [0.1, 0.15) is 0 Å². The summed E-state index contributed by atoms with van der Waals surface area (Å²) < 4.78 is 0. The van der Waals surface area contributed by atoms with E-state index < -0.39 is 0 Å². The zero-order valence-electron chi connectivity index (χ0n) is 12.1. The maximum absolute atomic E-state index is 12.4. The van der Waals surface area contributed by atoms with E-state index in [9.17, 15) is 4.79 Å².